The Bertz CT molecular complexity index is 981. The Hall–Kier alpha value is -2.96. The van der Waals surface area contributed by atoms with Crippen LogP contribution in [0.1, 0.15) is 39.7 Å². The monoisotopic (exact) mass is 407 g/mol. The highest BCUT2D eigenvalue weighted by atomic mass is 16.5. The number of nitrogens with zero attached hydrogens (tertiary/aromatic N) is 2. The lowest BCUT2D eigenvalue weighted by Gasteiger charge is -2.10. The van der Waals surface area contributed by atoms with Crippen molar-refractivity contribution >= 4 is 5.91 Å². The number of hydrogen-bond acceptors (Lipinski definition) is 4. The Morgan fingerprint density at radius 3 is 2.60 bits per heavy atom. The molecule has 1 heterocycles. The van der Waals surface area contributed by atoms with Crippen LogP contribution in [0.5, 0.6) is 0 Å². The van der Waals surface area contributed by atoms with E-state index in [-0.39, 0.29) is 5.91 Å². The average Bonchev–Trinajstić information content (AvgIpc) is 3.14. The third-order valence-corrected chi connectivity index (χ3v) is 4.89. The van der Waals surface area contributed by atoms with Gasteiger partial charge in [-0.3, -0.25) is 4.79 Å². The molecule has 1 amide bonds. The third-order valence-electron chi connectivity index (χ3n) is 4.89. The van der Waals surface area contributed by atoms with Crippen LogP contribution < -0.4 is 5.32 Å². The van der Waals surface area contributed by atoms with Crippen molar-refractivity contribution in [3.63, 3.8) is 0 Å². The normalized spacial score (nSPS) is 10.9. The average molecular weight is 408 g/mol. The van der Waals surface area contributed by atoms with Gasteiger partial charge in [-0.15, -0.1) is 0 Å². The van der Waals surface area contributed by atoms with Gasteiger partial charge in [0.2, 0.25) is 0 Å². The zero-order chi connectivity index (χ0) is 21.3. The topological polar surface area (TPSA) is 65.4 Å². The zero-order valence-corrected chi connectivity index (χ0v) is 17.9. The Balaban J connectivity index is 1.59. The summed E-state index contributed by atoms with van der Waals surface area (Å²) in [7, 11) is 0. The molecule has 0 atom stereocenters. The summed E-state index contributed by atoms with van der Waals surface area (Å²) in [6, 6.07) is 16.0. The van der Waals surface area contributed by atoms with Crippen molar-refractivity contribution in [3.05, 3.63) is 82.7 Å². The minimum atomic E-state index is -0.134. The van der Waals surface area contributed by atoms with Gasteiger partial charge in [-0.05, 0) is 43.5 Å². The van der Waals surface area contributed by atoms with Crippen LogP contribution in [0.15, 0.2) is 54.7 Å². The lowest BCUT2D eigenvalue weighted by Crippen LogP contribution is -2.23. The van der Waals surface area contributed by atoms with Crippen molar-refractivity contribution in [3.8, 4) is 5.69 Å². The van der Waals surface area contributed by atoms with Crippen LogP contribution in [0.4, 0.5) is 0 Å². The van der Waals surface area contributed by atoms with E-state index in [0.29, 0.717) is 38.5 Å². The molecule has 0 saturated carbocycles. The van der Waals surface area contributed by atoms with Crippen LogP contribution in [0.25, 0.3) is 5.69 Å². The van der Waals surface area contributed by atoms with E-state index >= 15 is 0 Å². The number of aromatic nitrogens is 2. The number of nitrogens with one attached hydrogen (secondary N) is 1. The first kappa shape index (κ1) is 21.7. The summed E-state index contributed by atoms with van der Waals surface area (Å²) < 4.78 is 12.7. The van der Waals surface area contributed by atoms with Crippen molar-refractivity contribution in [2.45, 2.75) is 33.9 Å². The lowest BCUT2D eigenvalue weighted by atomic mass is 10.1. The molecular formula is C24H29N3O3. The van der Waals surface area contributed by atoms with Gasteiger partial charge in [-0.25, -0.2) is 4.68 Å². The summed E-state index contributed by atoms with van der Waals surface area (Å²) in [5.41, 5.74) is 5.58. The maximum Gasteiger partial charge on any atom is 0.255 e. The quantitative estimate of drug-likeness (QED) is 0.517. The van der Waals surface area contributed by atoms with E-state index in [4.69, 9.17) is 9.47 Å². The van der Waals surface area contributed by atoms with E-state index in [2.05, 4.69) is 10.4 Å². The molecule has 158 valence electrons. The van der Waals surface area contributed by atoms with E-state index in [9.17, 15) is 4.79 Å². The Morgan fingerprint density at radius 1 is 1.03 bits per heavy atom. The number of rotatable bonds is 10. The lowest BCUT2D eigenvalue weighted by molar-refractivity contribution is 0.0453. The second kappa shape index (κ2) is 10.7. The second-order valence-electron chi connectivity index (χ2n) is 7.09. The first-order chi connectivity index (χ1) is 14.6. The van der Waals surface area contributed by atoms with E-state index in [0.717, 1.165) is 28.1 Å². The van der Waals surface area contributed by atoms with Gasteiger partial charge in [0, 0.05) is 13.2 Å². The van der Waals surface area contributed by atoms with Gasteiger partial charge in [0.05, 0.1) is 43.0 Å². The second-order valence-corrected chi connectivity index (χ2v) is 7.09. The van der Waals surface area contributed by atoms with Crippen molar-refractivity contribution in [2.75, 3.05) is 19.8 Å². The Kier molecular flexibility index (Phi) is 7.76. The van der Waals surface area contributed by atoms with Crippen LogP contribution in [-0.2, 0) is 22.6 Å². The van der Waals surface area contributed by atoms with Gasteiger partial charge in [-0.1, -0.05) is 42.5 Å². The summed E-state index contributed by atoms with van der Waals surface area (Å²) in [6.07, 6.45) is 1.62. The maximum absolute atomic E-state index is 12.7. The number of para-hydroxylation sites is 1. The highest BCUT2D eigenvalue weighted by molar-refractivity contribution is 5.95. The fourth-order valence-corrected chi connectivity index (χ4v) is 3.24. The molecule has 0 radical (unpaired) electrons. The van der Waals surface area contributed by atoms with Gasteiger partial charge in [0.1, 0.15) is 0 Å². The summed E-state index contributed by atoms with van der Waals surface area (Å²) in [4.78, 5) is 12.7. The zero-order valence-electron chi connectivity index (χ0n) is 17.9. The van der Waals surface area contributed by atoms with Gasteiger partial charge < -0.3 is 14.8 Å². The SMILES string of the molecule is CCOCCOCc1cccc(CNC(=O)c2cnn(-c3ccccc3C)c2C)c1. The summed E-state index contributed by atoms with van der Waals surface area (Å²) in [5.74, 6) is -0.134. The highest BCUT2D eigenvalue weighted by Crippen LogP contribution is 2.17. The van der Waals surface area contributed by atoms with Crippen LogP contribution in [0.2, 0.25) is 0 Å². The number of ether oxygens (including phenoxy) is 2. The molecule has 0 fully saturated rings. The largest absolute Gasteiger partial charge is 0.379 e. The highest BCUT2D eigenvalue weighted by Gasteiger charge is 2.15. The molecule has 3 rings (SSSR count). The molecule has 0 saturated heterocycles. The summed E-state index contributed by atoms with van der Waals surface area (Å²) >= 11 is 0. The smallest absolute Gasteiger partial charge is 0.255 e. The number of benzene rings is 2. The van der Waals surface area contributed by atoms with E-state index in [1.54, 1.807) is 6.20 Å². The number of carbonyl (C=O) groups excluding carboxylic acids is 1. The van der Waals surface area contributed by atoms with Crippen LogP contribution in [0, 0.1) is 13.8 Å². The Labute approximate surface area is 177 Å². The molecule has 6 nitrogen and oxygen atoms in total. The maximum atomic E-state index is 12.7. The Morgan fingerprint density at radius 2 is 1.80 bits per heavy atom. The molecule has 0 spiro atoms. The fourth-order valence-electron chi connectivity index (χ4n) is 3.24. The van der Waals surface area contributed by atoms with Crippen LogP contribution in [0.3, 0.4) is 0 Å². The van der Waals surface area contributed by atoms with Crippen LogP contribution >= 0.6 is 0 Å². The van der Waals surface area contributed by atoms with Gasteiger partial charge in [-0.2, -0.15) is 5.10 Å². The van der Waals surface area contributed by atoms with Crippen molar-refractivity contribution < 1.29 is 14.3 Å². The fraction of sp³-hybridized carbons (Fsp3) is 0.333. The van der Waals surface area contributed by atoms with Crippen molar-refractivity contribution in [1.82, 2.24) is 15.1 Å². The van der Waals surface area contributed by atoms with E-state index in [1.165, 1.54) is 0 Å². The molecule has 0 aliphatic carbocycles. The molecule has 0 aliphatic rings. The molecule has 0 bridgehead atoms. The predicted octanol–water partition coefficient (Wildman–Crippen LogP) is 3.97. The first-order valence-electron chi connectivity index (χ1n) is 10.2. The van der Waals surface area contributed by atoms with Crippen LogP contribution in [-0.4, -0.2) is 35.5 Å². The number of hydrogen-bond donors (Lipinski definition) is 1. The molecule has 0 aliphatic heterocycles. The van der Waals surface area contributed by atoms with E-state index in [1.807, 2.05) is 74.0 Å². The molecule has 1 aromatic heterocycles. The van der Waals surface area contributed by atoms with Gasteiger partial charge in [0.25, 0.3) is 5.91 Å². The standard InChI is InChI=1S/C24H29N3O3/c1-4-29-12-13-30-17-21-10-7-9-20(14-21)15-25-24(28)22-16-26-27(19(22)3)23-11-6-5-8-18(23)2/h5-11,14,16H,4,12-13,15,17H2,1-3H3,(H,25,28). The molecule has 6 heteroatoms. The summed E-state index contributed by atoms with van der Waals surface area (Å²) in [6.45, 7) is 8.74. The molecule has 3 aromatic rings. The third kappa shape index (κ3) is 5.55. The van der Waals surface area contributed by atoms with Crippen molar-refractivity contribution in [2.24, 2.45) is 0 Å². The van der Waals surface area contributed by atoms with Gasteiger partial charge in [0.15, 0.2) is 0 Å². The molecular weight excluding hydrogens is 378 g/mol. The molecule has 1 N–H and O–H groups in total. The minimum absolute atomic E-state index is 0.134. The first-order valence-corrected chi connectivity index (χ1v) is 10.2. The molecule has 0 unspecified atom stereocenters. The van der Waals surface area contributed by atoms with Gasteiger partial charge >= 0.3 is 0 Å². The molecule has 30 heavy (non-hydrogen) atoms. The van der Waals surface area contributed by atoms with E-state index < -0.39 is 0 Å². The number of carbonyl (C=O) groups is 1. The summed E-state index contributed by atoms with van der Waals surface area (Å²) in [5, 5.41) is 7.41. The molecule has 2 aromatic carbocycles. The number of amides is 1. The van der Waals surface area contributed by atoms with Crippen molar-refractivity contribution in [1.29, 1.82) is 0 Å². The minimum Gasteiger partial charge on any atom is -0.379 e. The number of aryl methyl sites for hydroxylation is 1. The predicted molar refractivity (Wildman–Crippen MR) is 117 cm³/mol.